The molecule has 0 fully saturated rings. The van der Waals surface area contributed by atoms with Crippen LogP contribution in [0.15, 0.2) is 97.1 Å². The molecular formula is C35H34N10O. The van der Waals surface area contributed by atoms with Gasteiger partial charge in [0.25, 0.3) is 0 Å². The van der Waals surface area contributed by atoms with Crippen LogP contribution >= 0.6 is 0 Å². The number of imidazole rings is 4. The van der Waals surface area contributed by atoms with Crippen LogP contribution in [-0.4, -0.2) is 62.2 Å². The van der Waals surface area contributed by atoms with Gasteiger partial charge in [0.2, 0.25) is 0 Å². The van der Waals surface area contributed by atoms with E-state index in [-0.39, 0.29) is 25.7 Å². The van der Waals surface area contributed by atoms with E-state index in [1.54, 1.807) is 0 Å². The first-order chi connectivity index (χ1) is 22.3. The largest absolute Gasteiger partial charge is 0.386 e. The van der Waals surface area contributed by atoms with Crippen LogP contribution < -0.4 is 11.5 Å². The summed E-state index contributed by atoms with van der Waals surface area (Å²) in [6, 6.07) is 30.3. The third kappa shape index (κ3) is 5.00. The molecule has 0 aliphatic carbocycles. The average Bonchev–Trinajstić information content (AvgIpc) is 3.83. The van der Waals surface area contributed by atoms with Crippen molar-refractivity contribution in [2.45, 2.75) is 42.9 Å². The Morgan fingerprint density at radius 2 is 0.848 bits per heavy atom. The van der Waals surface area contributed by atoms with Crippen molar-refractivity contribution in [3.05, 3.63) is 120 Å². The van der Waals surface area contributed by atoms with Gasteiger partial charge in [-0.1, -0.05) is 48.5 Å². The van der Waals surface area contributed by atoms with Crippen molar-refractivity contribution in [3.8, 4) is 0 Å². The highest BCUT2D eigenvalue weighted by atomic mass is 16.3. The highest BCUT2D eigenvalue weighted by Crippen LogP contribution is 2.35. The fourth-order valence-electron chi connectivity index (χ4n) is 6.65. The van der Waals surface area contributed by atoms with Crippen LogP contribution in [0.1, 0.15) is 23.3 Å². The van der Waals surface area contributed by atoms with Crippen molar-refractivity contribution in [2.24, 2.45) is 11.5 Å². The smallest absolute Gasteiger partial charge is 0.110 e. The minimum absolute atomic E-state index is 0.0556. The lowest BCUT2D eigenvalue weighted by molar-refractivity contribution is -0.0602. The first-order valence-corrected chi connectivity index (χ1v) is 15.4. The zero-order chi connectivity index (χ0) is 31.3. The van der Waals surface area contributed by atoms with Crippen molar-refractivity contribution in [2.75, 3.05) is 0 Å². The molecule has 230 valence electrons. The molecule has 46 heavy (non-hydrogen) atoms. The maximum atomic E-state index is 13.2. The number of hydrogen-bond acceptors (Lipinski definition) is 7. The predicted molar refractivity (Wildman–Crippen MR) is 179 cm³/mol. The minimum Gasteiger partial charge on any atom is -0.386 e. The fraction of sp³-hybridized carbons (Fsp3) is 0.200. The zero-order valence-corrected chi connectivity index (χ0v) is 25.0. The Labute approximate surface area is 263 Å². The molecule has 0 radical (unpaired) electrons. The summed E-state index contributed by atoms with van der Waals surface area (Å²) >= 11 is 0. The van der Waals surface area contributed by atoms with Gasteiger partial charge in [-0.05, 0) is 48.5 Å². The van der Waals surface area contributed by atoms with E-state index in [1.807, 2.05) is 97.1 Å². The molecule has 11 heteroatoms. The average molecular weight is 611 g/mol. The van der Waals surface area contributed by atoms with Crippen LogP contribution in [0, 0.1) is 0 Å². The SMILES string of the molecule is NC(Cc1nc2ccccc2[nH]1)C(O)(Cc1nc2ccccc2[nH]1)C(N)(Cc1nc2ccccc2[nH]1)Cc1nc2ccccc2[nH]1. The molecule has 0 spiro atoms. The van der Waals surface area contributed by atoms with E-state index >= 15 is 0 Å². The molecule has 0 aliphatic rings. The van der Waals surface area contributed by atoms with E-state index in [0.717, 1.165) is 44.1 Å². The Kier molecular flexibility index (Phi) is 6.68. The molecule has 4 heterocycles. The quantitative estimate of drug-likeness (QED) is 0.121. The van der Waals surface area contributed by atoms with Crippen LogP contribution in [0.2, 0.25) is 0 Å². The van der Waals surface area contributed by atoms with Gasteiger partial charge in [0.1, 0.15) is 28.9 Å². The molecule has 8 aromatic rings. The number of aromatic nitrogens is 8. The predicted octanol–water partition coefficient (Wildman–Crippen LogP) is 4.22. The molecule has 9 N–H and O–H groups in total. The molecule has 0 saturated carbocycles. The molecule has 4 aromatic heterocycles. The first kappa shape index (κ1) is 28.1. The van der Waals surface area contributed by atoms with Crippen LogP contribution in [0.25, 0.3) is 44.1 Å². The van der Waals surface area contributed by atoms with Crippen molar-refractivity contribution in [1.82, 2.24) is 39.9 Å². The van der Waals surface area contributed by atoms with Gasteiger partial charge in [0.05, 0.1) is 49.7 Å². The molecule has 4 aromatic carbocycles. The summed E-state index contributed by atoms with van der Waals surface area (Å²) < 4.78 is 0. The van der Waals surface area contributed by atoms with Gasteiger partial charge in [0.15, 0.2) is 0 Å². The number of benzene rings is 4. The number of nitrogens with two attached hydrogens (primary N) is 2. The Morgan fingerprint density at radius 3 is 1.24 bits per heavy atom. The molecule has 0 aliphatic heterocycles. The Bertz CT molecular complexity index is 2100. The highest BCUT2D eigenvalue weighted by Gasteiger charge is 2.53. The van der Waals surface area contributed by atoms with Gasteiger partial charge in [0, 0.05) is 31.7 Å². The van der Waals surface area contributed by atoms with Gasteiger partial charge < -0.3 is 36.5 Å². The van der Waals surface area contributed by atoms with Crippen LogP contribution in [0.4, 0.5) is 0 Å². The van der Waals surface area contributed by atoms with Crippen LogP contribution in [0.3, 0.4) is 0 Å². The second-order valence-electron chi connectivity index (χ2n) is 12.2. The summed E-state index contributed by atoms with van der Waals surface area (Å²) in [7, 11) is 0. The van der Waals surface area contributed by atoms with Gasteiger partial charge in [-0.2, -0.15) is 0 Å². The minimum atomic E-state index is -1.72. The number of hydrogen-bond donors (Lipinski definition) is 7. The Morgan fingerprint density at radius 1 is 0.522 bits per heavy atom. The summed E-state index contributed by atoms with van der Waals surface area (Å²) in [5.41, 5.74) is 18.3. The highest BCUT2D eigenvalue weighted by molar-refractivity contribution is 5.77. The maximum Gasteiger partial charge on any atom is 0.110 e. The molecule has 0 bridgehead atoms. The second-order valence-corrected chi connectivity index (χ2v) is 12.2. The number of nitrogens with zero attached hydrogens (tertiary/aromatic N) is 4. The zero-order valence-electron chi connectivity index (χ0n) is 25.0. The third-order valence-electron chi connectivity index (χ3n) is 9.05. The number of para-hydroxylation sites is 8. The van der Waals surface area contributed by atoms with Crippen LogP contribution in [0.5, 0.6) is 0 Å². The fourth-order valence-corrected chi connectivity index (χ4v) is 6.65. The number of nitrogens with one attached hydrogen (secondary N) is 4. The monoisotopic (exact) mass is 610 g/mol. The molecule has 11 nitrogen and oxygen atoms in total. The van der Waals surface area contributed by atoms with Crippen molar-refractivity contribution in [3.63, 3.8) is 0 Å². The third-order valence-corrected chi connectivity index (χ3v) is 9.05. The van der Waals surface area contributed by atoms with E-state index in [4.69, 9.17) is 31.4 Å². The number of rotatable bonds is 10. The van der Waals surface area contributed by atoms with Crippen molar-refractivity contribution in [1.29, 1.82) is 0 Å². The molecular weight excluding hydrogens is 576 g/mol. The van der Waals surface area contributed by atoms with Gasteiger partial charge in [-0.15, -0.1) is 0 Å². The lowest BCUT2D eigenvalue weighted by Crippen LogP contribution is -2.72. The first-order valence-electron chi connectivity index (χ1n) is 15.4. The van der Waals surface area contributed by atoms with E-state index in [2.05, 4.69) is 19.9 Å². The van der Waals surface area contributed by atoms with Crippen molar-refractivity contribution >= 4 is 44.1 Å². The summed E-state index contributed by atoms with van der Waals surface area (Å²) in [4.78, 5) is 32.9. The molecule has 2 unspecified atom stereocenters. The number of aromatic amines is 4. The standard InChI is InChI=1S/C35H34N10O/c36-29(17-30-38-21-9-1-2-10-22(21)39-30)35(46,20-33-44-27-15-7-8-16-28(27)45-33)34(37,18-31-40-23-11-3-4-12-24(23)41-31)19-32-42-25-13-5-6-14-26(25)43-32/h1-16,29,46H,17-20,36-37H2,(H,38,39)(H,40,41)(H,42,43)(H,44,45). The number of aliphatic hydroxyl groups is 1. The van der Waals surface area contributed by atoms with E-state index in [9.17, 15) is 5.11 Å². The van der Waals surface area contributed by atoms with Gasteiger partial charge in [-0.3, -0.25) is 0 Å². The van der Waals surface area contributed by atoms with E-state index in [1.165, 1.54) is 0 Å². The molecule has 0 saturated heterocycles. The normalized spacial score (nSPS) is 14.4. The van der Waals surface area contributed by atoms with Crippen molar-refractivity contribution < 1.29 is 5.11 Å². The Balaban J connectivity index is 1.25. The lowest BCUT2D eigenvalue weighted by atomic mass is 9.68. The van der Waals surface area contributed by atoms with E-state index in [0.29, 0.717) is 23.3 Å². The summed E-state index contributed by atoms with van der Waals surface area (Å²) in [6.45, 7) is 0. The van der Waals surface area contributed by atoms with E-state index < -0.39 is 17.2 Å². The van der Waals surface area contributed by atoms with Gasteiger partial charge in [-0.25, -0.2) is 19.9 Å². The maximum absolute atomic E-state index is 13.2. The molecule has 2 atom stereocenters. The second kappa shape index (κ2) is 10.9. The molecule has 0 amide bonds. The van der Waals surface area contributed by atoms with Gasteiger partial charge >= 0.3 is 0 Å². The molecule has 8 rings (SSSR count). The summed E-state index contributed by atoms with van der Waals surface area (Å²) in [6.07, 6.45) is 0.664. The van der Waals surface area contributed by atoms with Crippen LogP contribution in [-0.2, 0) is 25.7 Å². The Hall–Kier alpha value is -5.36. The summed E-state index contributed by atoms with van der Waals surface area (Å²) in [5, 5.41) is 13.2. The lowest BCUT2D eigenvalue weighted by Gasteiger charge is -2.47. The summed E-state index contributed by atoms with van der Waals surface area (Å²) in [5.74, 6) is 2.51. The topological polar surface area (TPSA) is 187 Å². The number of H-pyrrole nitrogens is 4. The number of fused-ring (bicyclic) bond motifs is 4.